The second-order valence-electron chi connectivity index (χ2n) is 6.77. The van der Waals surface area contributed by atoms with Crippen LogP contribution in [0.4, 0.5) is 11.8 Å². The van der Waals surface area contributed by atoms with Crippen molar-refractivity contribution in [3.8, 4) is 11.3 Å². The number of anilines is 2. The monoisotopic (exact) mass is 384 g/mol. The summed E-state index contributed by atoms with van der Waals surface area (Å²) in [6.07, 6.45) is 0.211. The summed E-state index contributed by atoms with van der Waals surface area (Å²) in [5.41, 5.74) is 7.80. The van der Waals surface area contributed by atoms with Gasteiger partial charge in [-0.1, -0.05) is 12.1 Å². The van der Waals surface area contributed by atoms with Gasteiger partial charge in [-0.2, -0.15) is 4.98 Å². The number of hydrogen-bond donors (Lipinski definition) is 3. The molecule has 1 fully saturated rings. The van der Waals surface area contributed by atoms with Gasteiger partial charge in [-0.05, 0) is 18.6 Å². The van der Waals surface area contributed by atoms with Crippen molar-refractivity contribution in [2.75, 3.05) is 44.4 Å². The van der Waals surface area contributed by atoms with Gasteiger partial charge in [0.2, 0.25) is 11.9 Å². The fourth-order valence-electron chi connectivity index (χ4n) is 3.12. The average molecular weight is 384 g/mol. The van der Waals surface area contributed by atoms with Gasteiger partial charge >= 0.3 is 0 Å². The Labute approximate surface area is 163 Å². The number of aliphatic hydroxyl groups excluding tert-OH is 1. The number of aromatic nitrogens is 2. The Kier molecular flexibility index (Phi) is 5.74. The molecule has 3 rings (SSSR count). The lowest BCUT2D eigenvalue weighted by atomic mass is 10.0. The summed E-state index contributed by atoms with van der Waals surface area (Å²) >= 11 is 0. The first-order valence-corrected chi connectivity index (χ1v) is 9.02. The van der Waals surface area contributed by atoms with Crippen molar-refractivity contribution in [3.63, 3.8) is 0 Å². The van der Waals surface area contributed by atoms with E-state index in [2.05, 4.69) is 15.3 Å². The van der Waals surface area contributed by atoms with Crippen LogP contribution in [0.1, 0.15) is 16.8 Å². The predicted octanol–water partition coefficient (Wildman–Crippen LogP) is 0.115. The maximum atomic E-state index is 12.9. The van der Waals surface area contributed by atoms with Crippen LogP contribution in [-0.4, -0.2) is 71.6 Å². The normalized spacial score (nSPS) is 16.6. The molecule has 9 heteroatoms. The quantitative estimate of drug-likeness (QED) is 0.668. The van der Waals surface area contributed by atoms with Crippen LogP contribution in [0.15, 0.2) is 30.3 Å². The number of piperazine rings is 1. The molecule has 9 nitrogen and oxygen atoms in total. The van der Waals surface area contributed by atoms with Gasteiger partial charge in [0.05, 0.1) is 5.69 Å². The number of hydrogen-bond acceptors (Lipinski definition) is 7. The summed E-state index contributed by atoms with van der Waals surface area (Å²) in [6, 6.07) is 8.01. The van der Waals surface area contributed by atoms with Crippen molar-refractivity contribution >= 4 is 23.6 Å². The van der Waals surface area contributed by atoms with Crippen molar-refractivity contribution in [3.05, 3.63) is 35.9 Å². The highest BCUT2D eigenvalue weighted by atomic mass is 16.3. The van der Waals surface area contributed by atoms with Crippen LogP contribution in [0.25, 0.3) is 11.3 Å². The van der Waals surface area contributed by atoms with Gasteiger partial charge in [0.15, 0.2) is 0 Å². The molecule has 1 aliphatic rings. The number of nitrogens with one attached hydrogen (secondary N) is 1. The Hall–Kier alpha value is -3.20. The number of amides is 2. The number of rotatable bonds is 5. The Bertz CT molecular complexity index is 868. The highest BCUT2D eigenvalue weighted by Crippen LogP contribution is 2.23. The number of carbonyl (C=O) groups is 2. The first-order chi connectivity index (χ1) is 13.4. The summed E-state index contributed by atoms with van der Waals surface area (Å²) in [5.74, 6) is 0.385. The molecule has 1 aliphatic heterocycles. The molecule has 0 bridgehead atoms. The number of aliphatic hydroxyl groups is 1. The van der Waals surface area contributed by atoms with E-state index >= 15 is 0 Å². The number of nitrogens with zero attached hydrogens (tertiary/aromatic N) is 4. The first-order valence-electron chi connectivity index (χ1n) is 9.02. The third kappa shape index (κ3) is 4.04. The third-order valence-corrected chi connectivity index (χ3v) is 4.56. The lowest BCUT2D eigenvalue weighted by molar-refractivity contribution is -0.128. The van der Waals surface area contributed by atoms with E-state index in [0.717, 1.165) is 5.56 Å². The fraction of sp³-hybridized carbons (Fsp3) is 0.368. The number of benzene rings is 1. The van der Waals surface area contributed by atoms with Crippen LogP contribution in [-0.2, 0) is 4.79 Å². The third-order valence-electron chi connectivity index (χ3n) is 4.56. The van der Waals surface area contributed by atoms with Gasteiger partial charge in [0.1, 0.15) is 11.9 Å². The molecular weight excluding hydrogens is 360 g/mol. The van der Waals surface area contributed by atoms with E-state index in [1.165, 1.54) is 4.90 Å². The summed E-state index contributed by atoms with van der Waals surface area (Å²) < 4.78 is 0. The Balaban J connectivity index is 1.84. The van der Waals surface area contributed by atoms with Crippen LogP contribution in [0.3, 0.4) is 0 Å². The van der Waals surface area contributed by atoms with E-state index in [1.807, 2.05) is 14.1 Å². The standard InChI is InChI=1S/C19H24N6O3/c1-24(2)19-22-14(11-16(20)23-19)12-3-5-13(6-4-12)18(28)25-9-8-21-17(27)15(25)7-10-26/h3-6,11,15,26H,7-10H2,1-2H3,(H,21,27)(H2,20,22,23)/t15-/m1/s1. The molecule has 28 heavy (non-hydrogen) atoms. The number of nitrogens with two attached hydrogens (primary N) is 1. The molecule has 2 aromatic rings. The molecule has 2 heterocycles. The van der Waals surface area contributed by atoms with E-state index in [9.17, 15) is 14.7 Å². The molecule has 0 aliphatic carbocycles. The van der Waals surface area contributed by atoms with Crippen LogP contribution < -0.4 is 16.0 Å². The molecule has 1 atom stereocenters. The van der Waals surface area contributed by atoms with Crippen molar-refractivity contribution in [2.45, 2.75) is 12.5 Å². The van der Waals surface area contributed by atoms with E-state index in [-0.39, 0.29) is 24.8 Å². The van der Waals surface area contributed by atoms with Gasteiger partial charge in [0.25, 0.3) is 5.91 Å². The molecule has 1 aromatic heterocycles. The average Bonchev–Trinajstić information content (AvgIpc) is 2.68. The first kappa shape index (κ1) is 19.6. The highest BCUT2D eigenvalue weighted by Gasteiger charge is 2.32. The molecule has 1 aromatic carbocycles. The minimum absolute atomic E-state index is 0.163. The maximum absolute atomic E-state index is 12.9. The minimum Gasteiger partial charge on any atom is -0.396 e. The number of carbonyl (C=O) groups excluding carboxylic acids is 2. The smallest absolute Gasteiger partial charge is 0.254 e. The van der Waals surface area contributed by atoms with Gasteiger partial charge in [-0.3, -0.25) is 9.59 Å². The SMILES string of the molecule is CN(C)c1nc(N)cc(-c2ccc(C(=O)N3CCNC(=O)[C@H]3CCO)cc2)n1. The summed E-state index contributed by atoms with van der Waals surface area (Å²) in [7, 11) is 3.66. The van der Waals surface area contributed by atoms with Crippen molar-refractivity contribution in [1.29, 1.82) is 0 Å². The zero-order chi connectivity index (χ0) is 20.3. The summed E-state index contributed by atoms with van der Waals surface area (Å²) in [6.45, 7) is 0.647. The Morgan fingerprint density at radius 1 is 1.32 bits per heavy atom. The largest absolute Gasteiger partial charge is 0.396 e. The molecule has 4 N–H and O–H groups in total. The lowest BCUT2D eigenvalue weighted by Gasteiger charge is -2.34. The predicted molar refractivity (Wildman–Crippen MR) is 106 cm³/mol. The molecule has 0 unspecified atom stereocenters. The highest BCUT2D eigenvalue weighted by molar-refractivity contribution is 5.98. The number of nitrogen functional groups attached to an aromatic ring is 1. The van der Waals surface area contributed by atoms with E-state index in [4.69, 9.17) is 5.73 Å². The van der Waals surface area contributed by atoms with Crippen LogP contribution in [0.2, 0.25) is 0 Å². The van der Waals surface area contributed by atoms with Crippen LogP contribution in [0.5, 0.6) is 0 Å². The van der Waals surface area contributed by atoms with Gasteiger partial charge in [-0.15, -0.1) is 0 Å². The van der Waals surface area contributed by atoms with Gasteiger partial charge in [-0.25, -0.2) is 4.98 Å². The molecule has 148 valence electrons. The zero-order valence-electron chi connectivity index (χ0n) is 15.9. The maximum Gasteiger partial charge on any atom is 0.254 e. The topological polar surface area (TPSA) is 125 Å². The minimum atomic E-state index is -0.657. The zero-order valence-corrected chi connectivity index (χ0v) is 15.9. The van der Waals surface area contributed by atoms with Crippen molar-refractivity contribution < 1.29 is 14.7 Å². The van der Waals surface area contributed by atoms with Gasteiger partial charge in [0, 0.05) is 51.0 Å². The second kappa shape index (κ2) is 8.22. The van der Waals surface area contributed by atoms with Gasteiger partial charge < -0.3 is 26.0 Å². The molecule has 0 radical (unpaired) electrons. The fourth-order valence-corrected chi connectivity index (χ4v) is 3.12. The summed E-state index contributed by atoms with van der Waals surface area (Å²) in [4.78, 5) is 36.9. The Morgan fingerprint density at radius 3 is 2.68 bits per heavy atom. The molecule has 0 spiro atoms. The van der Waals surface area contributed by atoms with E-state index in [0.29, 0.717) is 36.1 Å². The molecule has 0 saturated carbocycles. The summed E-state index contributed by atoms with van der Waals surface area (Å²) in [5, 5.41) is 11.9. The van der Waals surface area contributed by atoms with Crippen molar-refractivity contribution in [1.82, 2.24) is 20.2 Å². The van der Waals surface area contributed by atoms with Crippen LogP contribution in [0, 0.1) is 0 Å². The molecule has 2 amide bonds. The Morgan fingerprint density at radius 2 is 2.04 bits per heavy atom. The van der Waals surface area contributed by atoms with Crippen LogP contribution >= 0.6 is 0 Å². The van der Waals surface area contributed by atoms with E-state index in [1.54, 1.807) is 35.2 Å². The van der Waals surface area contributed by atoms with Crippen molar-refractivity contribution in [2.24, 2.45) is 0 Å². The van der Waals surface area contributed by atoms with E-state index < -0.39 is 6.04 Å². The molecular formula is C19H24N6O3. The second-order valence-corrected chi connectivity index (χ2v) is 6.77. The molecule has 1 saturated heterocycles. The lowest BCUT2D eigenvalue weighted by Crippen LogP contribution is -2.57.